The van der Waals surface area contributed by atoms with Gasteiger partial charge in [-0.15, -0.1) is 24.8 Å². The maximum atomic E-state index is 10.0. The van der Waals surface area contributed by atoms with Crippen LogP contribution in [0.2, 0.25) is 0 Å². The molecule has 0 bridgehead atoms. The lowest BCUT2D eigenvalue weighted by molar-refractivity contribution is 0.153. The Kier molecular flexibility index (Phi) is 10.5. The Bertz CT molecular complexity index is 483. The Morgan fingerprint density at radius 2 is 1.87 bits per heavy atom. The van der Waals surface area contributed by atoms with Crippen molar-refractivity contribution in [3.05, 3.63) is 22.2 Å². The van der Waals surface area contributed by atoms with Crippen molar-refractivity contribution in [1.82, 2.24) is 10.2 Å². The van der Waals surface area contributed by atoms with Crippen LogP contribution in [0.4, 0.5) is 0 Å². The summed E-state index contributed by atoms with van der Waals surface area (Å²) < 4.78 is 5.99. The summed E-state index contributed by atoms with van der Waals surface area (Å²) in [5.41, 5.74) is 1.20. The minimum absolute atomic E-state index is 0. The first-order valence-electron chi connectivity index (χ1n) is 7.54. The van der Waals surface area contributed by atoms with E-state index in [1.807, 2.05) is 12.1 Å². The van der Waals surface area contributed by atoms with Crippen LogP contribution in [0.15, 0.2) is 16.6 Å². The molecule has 2 rings (SSSR count). The average Bonchev–Trinajstić information content (AvgIpc) is 2.48. The minimum atomic E-state index is 0. The summed E-state index contributed by atoms with van der Waals surface area (Å²) in [6.07, 6.45) is 1.10. The second-order valence-electron chi connectivity index (χ2n) is 5.98. The van der Waals surface area contributed by atoms with Gasteiger partial charge in [0.05, 0.1) is 11.6 Å². The molecule has 1 aromatic rings. The molecule has 0 aliphatic carbocycles. The molecule has 23 heavy (non-hydrogen) atoms. The minimum Gasteiger partial charge on any atom is -0.503 e. The van der Waals surface area contributed by atoms with Crippen molar-refractivity contribution in [3.63, 3.8) is 0 Å². The zero-order valence-electron chi connectivity index (χ0n) is 13.8. The van der Waals surface area contributed by atoms with E-state index < -0.39 is 0 Å². The number of aromatic hydroxyl groups is 1. The van der Waals surface area contributed by atoms with Gasteiger partial charge in [-0.1, -0.05) is 13.8 Å². The Morgan fingerprint density at radius 1 is 1.26 bits per heavy atom. The zero-order valence-corrected chi connectivity index (χ0v) is 17.1. The van der Waals surface area contributed by atoms with E-state index in [9.17, 15) is 5.11 Å². The third-order valence-corrected chi connectivity index (χ3v) is 4.55. The number of benzene rings is 1. The fourth-order valence-electron chi connectivity index (χ4n) is 2.88. The molecule has 0 radical (unpaired) electrons. The van der Waals surface area contributed by atoms with E-state index in [4.69, 9.17) is 4.74 Å². The molecule has 1 aromatic carbocycles. The largest absolute Gasteiger partial charge is 0.503 e. The van der Waals surface area contributed by atoms with Gasteiger partial charge in [-0.25, -0.2) is 0 Å². The van der Waals surface area contributed by atoms with E-state index in [1.165, 1.54) is 5.56 Å². The van der Waals surface area contributed by atoms with Gasteiger partial charge < -0.3 is 15.2 Å². The Balaban J connectivity index is 0.00000242. The predicted molar refractivity (Wildman–Crippen MR) is 103 cm³/mol. The molecule has 1 fully saturated rings. The van der Waals surface area contributed by atoms with Crippen molar-refractivity contribution >= 4 is 40.7 Å². The van der Waals surface area contributed by atoms with Crippen LogP contribution >= 0.6 is 40.7 Å². The normalized spacial score (nSPS) is 16.4. The molecule has 0 unspecified atom stereocenters. The summed E-state index contributed by atoms with van der Waals surface area (Å²) in [5, 5.41) is 13.4. The van der Waals surface area contributed by atoms with E-state index in [0.29, 0.717) is 22.2 Å². The van der Waals surface area contributed by atoms with Gasteiger partial charge in [-0.05, 0) is 46.0 Å². The van der Waals surface area contributed by atoms with Crippen molar-refractivity contribution in [2.75, 3.05) is 33.3 Å². The van der Waals surface area contributed by atoms with Crippen LogP contribution < -0.4 is 10.1 Å². The topological polar surface area (TPSA) is 44.7 Å². The lowest BCUT2D eigenvalue weighted by atomic mass is 9.94. The molecule has 1 aliphatic heterocycles. The molecular formula is C16H27BrCl2N2O2. The highest BCUT2D eigenvalue weighted by Crippen LogP contribution is 2.39. The predicted octanol–water partition coefficient (Wildman–Crippen LogP) is 4.00. The smallest absolute Gasteiger partial charge is 0.172 e. The third-order valence-electron chi connectivity index (χ3n) is 3.94. The highest BCUT2D eigenvalue weighted by molar-refractivity contribution is 9.10. The van der Waals surface area contributed by atoms with Gasteiger partial charge in [0.25, 0.3) is 0 Å². The van der Waals surface area contributed by atoms with E-state index >= 15 is 0 Å². The van der Waals surface area contributed by atoms with Crippen molar-refractivity contribution in [2.45, 2.75) is 26.3 Å². The van der Waals surface area contributed by atoms with Gasteiger partial charge in [-0.3, -0.25) is 4.90 Å². The van der Waals surface area contributed by atoms with Gasteiger partial charge in [0, 0.05) is 32.2 Å². The maximum Gasteiger partial charge on any atom is 0.172 e. The highest BCUT2D eigenvalue weighted by atomic mass is 79.9. The van der Waals surface area contributed by atoms with Gasteiger partial charge in [0.15, 0.2) is 11.5 Å². The lowest BCUT2D eigenvalue weighted by Crippen LogP contribution is -2.45. The fourth-order valence-corrected chi connectivity index (χ4v) is 3.34. The van der Waals surface area contributed by atoms with Crippen molar-refractivity contribution in [2.24, 2.45) is 5.92 Å². The summed E-state index contributed by atoms with van der Waals surface area (Å²) in [4.78, 5) is 2.52. The first kappa shape index (κ1) is 22.8. The number of hydrogen-bond acceptors (Lipinski definition) is 4. The highest BCUT2D eigenvalue weighted by Gasteiger charge is 2.24. The Hall–Kier alpha value is -0.200. The summed E-state index contributed by atoms with van der Waals surface area (Å²) in [6, 6.07) is 4.35. The third kappa shape index (κ3) is 5.98. The van der Waals surface area contributed by atoms with Crippen LogP contribution in [-0.4, -0.2) is 43.3 Å². The number of halogens is 3. The maximum absolute atomic E-state index is 10.0. The number of ether oxygens (including phenoxy) is 1. The molecule has 1 atom stereocenters. The lowest BCUT2D eigenvalue weighted by Gasteiger charge is -2.36. The van der Waals surface area contributed by atoms with Crippen LogP contribution in [0.3, 0.4) is 0 Å². The number of methoxy groups -OCH3 is 1. The molecule has 1 heterocycles. The van der Waals surface area contributed by atoms with E-state index in [2.05, 4.69) is 40.0 Å². The molecule has 4 nitrogen and oxygen atoms in total. The van der Waals surface area contributed by atoms with Crippen LogP contribution in [-0.2, 0) is 0 Å². The van der Waals surface area contributed by atoms with Crippen LogP contribution in [0.5, 0.6) is 11.5 Å². The molecule has 7 heteroatoms. The molecule has 0 saturated carbocycles. The van der Waals surface area contributed by atoms with Gasteiger partial charge in [0.1, 0.15) is 0 Å². The number of phenols is 1. The standard InChI is InChI=1S/C16H25BrN2O2.2ClH/c1-11(2)8-14(19-6-4-18-5-7-19)12-9-13(17)16(20)15(10-12)21-3;;/h9-11,14,18,20H,4-8H2,1-3H3;2*1H/t14-;;/m1../s1. The fraction of sp³-hybridized carbons (Fsp3) is 0.625. The number of nitrogens with one attached hydrogen (secondary N) is 1. The summed E-state index contributed by atoms with van der Waals surface area (Å²) >= 11 is 3.44. The molecular weight excluding hydrogens is 403 g/mol. The van der Waals surface area contributed by atoms with E-state index in [0.717, 1.165) is 32.6 Å². The number of phenolic OH excluding ortho intramolecular Hbond substituents is 1. The Morgan fingerprint density at radius 3 is 2.39 bits per heavy atom. The number of rotatable bonds is 5. The molecule has 2 N–H and O–H groups in total. The quantitative estimate of drug-likeness (QED) is 0.742. The first-order valence-corrected chi connectivity index (χ1v) is 8.33. The second-order valence-corrected chi connectivity index (χ2v) is 6.84. The first-order chi connectivity index (χ1) is 10.0. The molecule has 0 amide bonds. The molecule has 1 saturated heterocycles. The van der Waals surface area contributed by atoms with Crippen LogP contribution in [0.25, 0.3) is 0 Å². The van der Waals surface area contributed by atoms with Crippen LogP contribution in [0.1, 0.15) is 31.9 Å². The molecule has 0 spiro atoms. The van der Waals surface area contributed by atoms with Crippen molar-refractivity contribution in [1.29, 1.82) is 0 Å². The molecule has 134 valence electrons. The molecule has 1 aliphatic rings. The van der Waals surface area contributed by atoms with Crippen molar-refractivity contribution < 1.29 is 9.84 Å². The molecule has 0 aromatic heterocycles. The Labute approximate surface area is 159 Å². The summed E-state index contributed by atoms with van der Waals surface area (Å²) in [5.74, 6) is 1.32. The van der Waals surface area contributed by atoms with Crippen LogP contribution in [0, 0.1) is 5.92 Å². The number of hydrogen-bond donors (Lipinski definition) is 2. The second kappa shape index (κ2) is 10.6. The van der Waals surface area contributed by atoms with Crippen molar-refractivity contribution in [3.8, 4) is 11.5 Å². The van der Waals surface area contributed by atoms with Gasteiger partial charge in [-0.2, -0.15) is 0 Å². The van der Waals surface area contributed by atoms with E-state index in [1.54, 1.807) is 7.11 Å². The number of piperazine rings is 1. The monoisotopic (exact) mass is 428 g/mol. The van der Waals surface area contributed by atoms with E-state index in [-0.39, 0.29) is 30.6 Å². The SMILES string of the molecule is COc1cc([C@@H](CC(C)C)N2CCNCC2)cc(Br)c1O.Cl.Cl. The van der Waals surface area contributed by atoms with Gasteiger partial charge in [0.2, 0.25) is 0 Å². The zero-order chi connectivity index (χ0) is 15.4. The summed E-state index contributed by atoms with van der Waals surface area (Å²) in [6.45, 7) is 8.68. The average molecular weight is 430 g/mol. The number of nitrogens with zero attached hydrogens (tertiary/aromatic N) is 1. The summed E-state index contributed by atoms with van der Waals surface area (Å²) in [7, 11) is 1.59. The van der Waals surface area contributed by atoms with Gasteiger partial charge >= 0.3 is 0 Å².